The quantitative estimate of drug-likeness (QED) is 0.656. The van der Waals surface area contributed by atoms with Crippen LogP contribution in [0.3, 0.4) is 0 Å². The van der Waals surface area contributed by atoms with E-state index in [9.17, 15) is 9.59 Å². The highest BCUT2D eigenvalue weighted by molar-refractivity contribution is 5.94. The average Bonchev–Trinajstić information content (AvgIpc) is 3.17. The first-order chi connectivity index (χ1) is 13.2. The van der Waals surface area contributed by atoms with Gasteiger partial charge in [0.1, 0.15) is 17.1 Å². The van der Waals surface area contributed by atoms with Crippen molar-refractivity contribution in [3.05, 3.63) is 65.6 Å². The lowest BCUT2D eigenvalue weighted by Gasteiger charge is -2.24. The largest absolute Gasteiger partial charge is 0.465 e. The molecule has 0 unspecified atom stereocenters. The molecule has 0 radical (unpaired) electrons. The highest BCUT2D eigenvalue weighted by atomic mass is 16.5. The zero-order valence-corrected chi connectivity index (χ0v) is 14.6. The van der Waals surface area contributed by atoms with Crippen molar-refractivity contribution in [2.24, 2.45) is 0 Å². The summed E-state index contributed by atoms with van der Waals surface area (Å²) in [5.41, 5.74) is 2.10. The van der Waals surface area contributed by atoms with E-state index in [2.05, 4.69) is 19.7 Å². The molecule has 27 heavy (non-hydrogen) atoms. The maximum absolute atomic E-state index is 12.7. The number of aromatic nitrogens is 3. The number of methoxy groups -OCH3 is 1. The Hall–Kier alpha value is -3.55. The summed E-state index contributed by atoms with van der Waals surface area (Å²) in [5, 5.41) is 0. The minimum absolute atomic E-state index is 0.219. The molecule has 0 saturated heterocycles. The highest BCUT2D eigenvalue weighted by Crippen LogP contribution is 2.26. The smallest absolute Gasteiger partial charge is 0.339 e. The zero-order valence-electron chi connectivity index (χ0n) is 14.6. The Kier molecular flexibility index (Phi) is 4.37. The number of amides is 1. The van der Waals surface area contributed by atoms with Crippen molar-refractivity contribution < 1.29 is 18.7 Å². The summed E-state index contributed by atoms with van der Waals surface area (Å²) < 4.78 is 10.5. The van der Waals surface area contributed by atoms with E-state index < -0.39 is 5.97 Å². The first-order valence-electron chi connectivity index (χ1n) is 8.38. The van der Waals surface area contributed by atoms with Crippen LogP contribution in [0.2, 0.25) is 0 Å². The third kappa shape index (κ3) is 3.29. The number of oxazole rings is 1. The molecule has 0 atom stereocenters. The van der Waals surface area contributed by atoms with E-state index >= 15 is 0 Å². The van der Waals surface area contributed by atoms with Crippen molar-refractivity contribution in [3.8, 4) is 11.5 Å². The molecule has 0 aliphatic carbocycles. The maximum atomic E-state index is 12.7. The summed E-state index contributed by atoms with van der Waals surface area (Å²) >= 11 is 0. The number of esters is 1. The molecular weight excluding hydrogens is 348 g/mol. The third-order valence-corrected chi connectivity index (χ3v) is 4.33. The van der Waals surface area contributed by atoms with E-state index in [4.69, 9.17) is 4.42 Å². The Balaban J connectivity index is 1.51. The van der Waals surface area contributed by atoms with Gasteiger partial charge in [0.2, 0.25) is 5.89 Å². The van der Waals surface area contributed by atoms with Crippen LogP contribution in [-0.4, -0.2) is 45.4 Å². The molecule has 0 bridgehead atoms. The number of carbonyl (C=O) groups is 2. The lowest BCUT2D eigenvalue weighted by molar-refractivity contribution is 0.0598. The lowest BCUT2D eigenvalue weighted by Crippen LogP contribution is -2.36. The van der Waals surface area contributed by atoms with Crippen LogP contribution in [0.1, 0.15) is 32.3 Å². The van der Waals surface area contributed by atoms with Gasteiger partial charge < -0.3 is 14.1 Å². The SMILES string of the molecule is COC(=O)c1ccc(C(=O)N2CCc3oc(-c4cccnc4)nc3C2)nc1. The maximum Gasteiger partial charge on any atom is 0.339 e. The number of pyridine rings is 2. The van der Waals surface area contributed by atoms with E-state index in [1.54, 1.807) is 17.3 Å². The van der Waals surface area contributed by atoms with Gasteiger partial charge in [-0.05, 0) is 24.3 Å². The molecule has 1 aliphatic rings. The van der Waals surface area contributed by atoms with Crippen LogP contribution in [0.15, 0.2) is 47.3 Å². The zero-order chi connectivity index (χ0) is 18.8. The molecule has 0 saturated carbocycles. The number of ether oxygens (including phenoxy) is 1. The molecule has 8 heteroatoms. The van der Waals surface area contributed by atoms with Crippen LogP contribution >= 0.6 is 0 Å². The molecule has 0 N–H and O–H groups in total. The molecule has 0 fully saturated rings. The second-order valence-corrected chi connectivity index (χ2v) is 6.03. The second kappa shape index (κ2) is 6.99. The summed E-state index contributed by atoms with van der Waals surface area (Å²) in [4.78, 5) is 38.5. The van der Waals surface area contributed by atoms with Crippen molar-refractivity contribution in [2.75, 3.05) is 13.7 Å². The van der Waals surface area contributed by atoms with E-state index in [-0.39, 0.29) is 11.6 Å². The summed E-state index contributed by atoms with van der Waals surface area (Å²) in [5.74, 6) is 0.576. The minimum atomic E-state index is -0.491. The monoisotopic (exact) mass is 364 g/mol. The normalized spacial score (nSPS) is 13.1. The second-order valence-electron chi connectivity index (χ2n) is 6.03. The third-order valence-electron chi connectivity index (χ3n) is 4.33. The molecule has 0 aromatic carbocycles. The first kappa shape index (κ1) is 16.9. The fraction of sp³-hybridized carbons (Fsp3) is 0.211. The number of carbonyl (C=O) groups excluding carboxylic acids is 2. The Morgan fingerprint density at radius 2 is 2.11 bits per heavy atom. The lowest BCUT2D eigenvalue weighted by atomic mass is 10.1. The van der Waals surface area contributed by atoms with Gasteiger partial charge in [0.25, 0.3) is 5.91 Å². The van der Waals surface area contributed by atoms with E-state index in [1.807, 2.05) is 12.1 Å². The molecule has 136 valence electrons. The van der Waals surface area contributed by atoms with E-state index in [1.165, 1.54) is 25.4 Å². The predicted octanol–water partition coefficient (Wildman–Crippen LogP) is 2.12. The van der Waals surface area contributed by atoms with E-state index in [0.29, 0.717) is 31.0 Å². The molecule has 3 aromatic rings. The molecule has 4 heterocycles. The number of hydrogen-bond donors (Lipinski definition) is 0. The average molecular weight is 364 g/mol. The summed E-state index contributed by atoms with van der Waals surface area (Å²) in [6.45, 7) is 0.853. The van der Waals surface area contributed by atoms with Crippen LogP contribution in [0, 0.1) is 0 Å². The number of rotatable bonds is 3. The molecule has 0 spiro atoms. The molecular formula is C19H16N4O4. The number of fused-ring (bicyclic) bond motifs is 1. The molecule has 1 amide bonds. The van der Waals surface area contributed by atoms with Gasteiger partial charge in [-0.3, -0.25) is 14.8 Å². The van der Waals surface area contributed by atoms with Crippen molar-refractivity contribution >= 4 is 11.9 Å². The standard InChI is InChI=1S/C19H16N4O4/c1-26-19(25)13-4-5-14(21-10-13)18(24)23-8-6-16-15(11-23)22-17(27-16)12-3-2-7-20-9-12/h2-5,7,9-10H,6,8,11H2,1H3. The van der Waals surface area contributed by atoms with Crippen molar-refractivity contribution in [2.45, 2.75) is 13.0 Å². The first-order valence-corrected chi connectivity index (χ1v) is 8.38. The molecule has 4 rings (SSSR count). The summed E-state index contributed by atoms with van der Waals surface area (Å²) in [6.07, 6.45) is 5.29. The number of hydrogen-bond acceptors (Lipinski definition) is 7. The Morgan fingerprint density at radius 1 is 1.22 bits per heavy atom. The molecule has 8 nitrogen and oxygen atoms in total. The van der Waals surface area contributed by atoms with Gasteiger partial charge in [0.05, 0.1) is 24.8 Å². The van der Waals surface area contributed by atoms with Gasteiger partial charge >= 0.3 is 5.97 Å². The summed E-state index contributed by atoms with van der Waals surface area (Å²) in [6, 6.07) is 6.74. The van der Waals surface area contributed by atoms with Gasteiger partial charge in [0.15, 0.2) is 0 Å². The Morgan fingerprint density at radius 3 is 2.81 bits per heavy atom. The highest BCUT2D eigenvalue weighted by Gasteiger charge is 2.27. The number of nitrogens with zero attached hydrogens (tertiary/aromatic N) is 4. The van der Waals surface area contributed by atoms with Crippen LogP contribution in [0.5, 0.6) is 0 Å². The van der Waals surface area contributed by atoms with Crippen LogP contribution in [0.4, 0.5) is 0 Å². The van der Waals surface area contributed by atoms with Crippen LogP contribution in [-0.2, 0) is 17.7 Å². The van der Waals surface area contributed by atoms with Crippen molar-refractivity contribution in [1.29, 1.82) is 0 Å². The topological polar surface area (TPSA) is 98.4 Å². The Labute approximate surface area is 154 Å². The van der Waals surface area contributed by atoms with Crippen LogP contribution < -0.4 is 0 Å². The van der Waals surface area contributed by atoms with Gasteiger partial charge in [-0.2, -0.15) is 0 Å². The predicted molar refractivity (Wildman–Crippen MR) is 93.8 cm³/mol. The van der Waals surface area contributed by atoms with Crippen LogP contribution in [0.25, 0.3) is 11.5 Å². The van der Waals surface area contributed by atoms with Gasteiger partial charge in [0, 0.05) is 31.6 Å². The molecule has 3 aromatic heterocycles. The van der Waals surface area contributed by atoms with Crippen molar-refractivity contribution in [1.82, 2.24) is 19.9 Å². The fourth-order valence-electron chi connectivity index (χ4n) is 2.91. The van der Waals surface area contributed by atoms with Gasteiger partial charge in [-0.25, -0.2) is 9.78 Å². The van der Waals surface area contributed by atoms with Gasteiger partial charge in [-0.1, -0.05) is 0 Å². The summed E-state index contributed by atoms with van der Waals surface area (Å²) in [7, 11) is 1.30. The van der Waals surface area contributed by atoms with Gasteiger partial charge in [-0.15, -0.1) is 0 Å². The molecule has 1 aliphatic heterocycles. The fourth-order valence-corrected chi connectivity index (χ4v) is 2.91. The minimum Gasteiger partial charge on any atom is -0.465 e. The Bertz CT molecular complexity index is 983. The van der Waals surface area contributed by atoms with E-state index in [0.717, 1.165) is 17.0 Å². The van der Waals surface area contributed by atoms with Crippen molar-refractivity contribution in [3.63, 3.8) is 0 Å².